The monoisotopic (exact) mass is 593 g/mol. The van der Waals surface area contributed by atoms with E-state index < -0.39 is 57.6 Å². The van der Waals surface area contributed by atoms with Gasteiger partial charge in [0.15, 0.2) is 5.78 Å². The van der Waals surface area contributed by atoms with Crippen molar-refractivity contribution in [3.05, 3.63) is 95.6 Å². The van der Waals surface area contributed by atoms with Gasteiger partial charge < -0.3 is 9.15 Å². The van der Waals surface area contributed by atoms with Gasteiger partial charge in [0.25, 0.3) is 15.9 Å². The Morgan fingerprint density at radius 1 is 0.976 bits per heavy atom. The molecule has 1 fully saturated rings. The fourth-order valence-corrected chi connectivity index (χ4v) is 6.28. The number of hydrogen-bond donors (Lipinski definition) is 0. The quantitative estimate of drug-likeness (QED) is 0.204. The predicted molar refractivity (Wildman–Crippen MR) is 139 cm³/mol. The van der Waals surface area contributed by atoms with Crippen molar-refractivity contribution in [3.63, 3.8) is 0 Å². The molecule has 0 N–H and O–H groups in total. The Kier molecular flexibility index (Phi) is 7.64. The number of halogens is 5. The van der Waals surface area contributed by atoms with Gasteiger partial charge in [0.05, 0.1) is 18.2 Å². The summed E-state index contributed by atoms with van der Waals surface area (Å²) in [6.45, 7) is -1.12. The maximum absolute atomic E-state index is 14.4. The number of sulfonamides is 1. The summed E-state index contributed by atoms with van der Waals surface area (Å²) in [6.07, 6.45) is -5.43. The Hall–Kier alpha value is -3.77. The van der Waals surface area contributed by atoms with E-state index in [9.17, 15) is 35.2 Å². The lowest BCUT2D eigenvalue weighted by molar-refractivity contribution is -0.137. The molecule has 0 spiro atoms. The number of ketones is 1. The van der Waals surface area contributed by atoms with E-state index in [-0.39, 0.29) is 25.0 Å². The third-order valence-corrected chi connectivity index (χ3v) is 8.52. The van der Waals surface area contributed by atoms with Gasteiger partial charge in [-0.2, -0.15) is 17.5 Å². The van der Waals surface area contributed by atoms with Crippen molar-refractivity contribution in [3.8, 4) is 5.75 Å². The number of carbonyl (C=O) groups excluding carboxylic acids is 1. The van der Waals surface area contributed by atoms with Gasteiger partial charge in [0, 0.05) is 24.3 Å². The third-order valence-electron chi connectivity index (χ3n) is 6.81. The number of aryl methyl sites for hydroxylation is 1. The largest absolute Gasteiger partial charge is 0.489 e. The molecule has 0 saturated carbocycles. The van der Waals surface area contributed by atoms with Crippen LogP contribution in [0.3, 0.4) is 0 Å². The molecule has 1 aliphatic heterocycles. The van der Waals surface area contributed by atoms with Crippen molar-refractivity contribution < 1.29 is 44.3 Å². The zero-order chi connectivity index (χ0) is 29.4. The molecule has 0 amide bonds. The molecule has 3 aromatic carbocycles. The second-order valence-electron chi connectivity index (χ2n) is 9.83. The summed E-state index contributed by atoms with van der Waals surface area (Å²) in [7, 11) is -4.52. The highest BCUT2D eigenvalue weighted by molar-refractivity contribution is 7.89. The van der Waals surface area contributed by atoms with E-state index in [0.717, 1.165) is 12.1 Å². The van der Waals surface area contributed by atoms with Crippen LogP contribution in [0.2, 0.25) is 0 Å². The van der Waals surface area contributed by atoms with Gasteiger partial charge in [0.1, 0.15) is 17.9 Å². The minimum Gasteiger partial charge on any atom is -0.489 e. The Morgan fingerprint density at radius 3 is 2.41 bits per heavy atom. The first-order valence-electron chi connectivity index (χ1n) is 12.6. The van der Waals surface area contributed by atoms with Crippen LogP contribution in [0.15, 0.2) is 88.4 Å². The molecule has 1 saturated heterocycles. The van der Waals surface area contributed by atoms with Crippen LogP contribution in [0.4, 0.5) is 22.0 Å². The van der Waals surface area contributed by atoms with Gasteiger partial charge in [-0.3, -0.25) is 4.79 Å². The molecule has 2 heterocycles. The number of carbonyl (C=O) groups is 1. The van der Waals surface area contributed by atoms with Crippen LogP contribution in [0.1, 0.15) is 29.5 Å². The summed E-state index contributed by atoms with van der Waals surface area (Å²) in [6, 6.07) is 17.4. The lowest BCUT2D eigenvalue weighted by atomic mass is 10.0. The minimum absolute atomic E-state index is 0.00624. The molecular weight excluding hydrogens is 569 g/mol. The zero-order valence-electron chi connectivity index (χ0n) is 21.4. The Balaban J connectivity index is 1.24. The summed E-state index contributed by atoms with van der Waals surface area (Å²) >= 11 is 0. The lowest BCUT2D eigenvalue weighted by Crippen LogP contribution is -2.40. The maximum atomic E-state index is 14.4. The van der Waals surface area contributed by atoms with E-state index >= 15 is 0 Å². The van der Waals surface area contributed by atoms with Crippen LogP contribution < -0.4 is 4.74 Å². The fraction of sp³-hybridized carbons (Fsp3) is 0.276. The minimum atomic E-state index is -4.52. The van der Waals surface area contributed by atoms with Gasteiger partial charge in [-0.25, -0.2) is 17.2 Å². The summed E-state index contributed by atoms with van der Waals surface area (Å²) in [5, 5.41) is -0.0209. The Labute approximate surface area is 232 Å². The van der Waals surface area contributed by atoms with E-state index in [1.54, 1.807) is 48.5 Å². The van der Waals surface area contributed by atoms with E-state index in [0.29, 0.717) is 26.6 Å². The van der Waals surface area contributed by atoms with Crippen LogP contribution in [-0.4, -0.2) is 37.0 Å². The number of fused-ring (bicyclic) bond motifs is 1. The normalized spacial score (nSPS) is 17.6. The van der Waals surface area contributed by atoms with Gasteiger partial charge in [-0.1, -0.05) is 42.5 Å². The first kappa shape index (κ1) is 28.7. The van der Waals surface area contributed by atoms with Crippen molar-refractivity contribution in [1.82, 2.24) is 4.31 Å². The van der Waals surface area contributed by atoms with Crippen LogP contribution in [0.5, 0.6) is 5.75 Å². The molecule has 6 nitrogen and oxygen atoms in total. The van der Waals surface area contributed by atoms with Gasteiger partial charge in [-0.15, -0.1) is 0 Å². The molecular formula is C29H24F5NO5S. The van der Waals surface area contributed by atoms with E-state index in [4.69, 9.17) is 9.15 Å². The predicted octanol–water partition coefficient (Wildman–Crippen LogP) is 6.63. The topological polar surface area (TPSA) is 76.8 Å². The zero-order valence-corrected chi connectivity index (χ0v) is 22.2. The van der Waals surface area contributed by atoms with Crippen molar-refractivity contribution in [1.29, 1.82) is 0 Å². The summed E-state index contributed by atoms with van der Waals surface area (Å²) < 4.78 is 105. The molecule has 0 unspecified atom stereocenters. The van der Waals surface area contributed by atoms with Crippen LogP contribution in [0, 0.1) is 0 Å². The number of para-hydroxylation sites is 1. The average Bonchev–Trinajstić information content (AvgIpc) is 3.52. The molecule has 4 aromatic rings. The highest BCUT2D eigenvalue weighted by Crippen LogP contribution is 2.38. The molecule has 41 heavy (non-hydrogen) atoms. The molecule has 0 bridgehead atoms. The van der Waals surface area contributed by atoms with E-state index in [1.807, 2.05) is 0 Å². The van der Waals surface area contributed by atoms with Crippen LogP contribution in [-0.2, 0) is 34.0 Å². The Morgan fingerprint density at radius 2 is 1.71 bits per heavy atom. The summed E-state index contributed by atoms with van der Waals surface area (Å²) in [5.41, 5.74) is 0.670. The molecule has 1 atom stereocenters. The first-order chi connectivity index (χ1) is 19.3. The molecule has 5 rings (SSSR count). The standard InChI is InChI=1S/C29H24F5NO5S/c30-28(31)16-24(35(18-28)41(37,38)27-15-21-5-1-2-7-26(21)40-27)25(36)13-10-19-4-3-6-23(14-19)39-17-20-8-11-22(12-9-20)29(32,33)34/h1-9,11-12,14-15,24H,10,13,16-18H2/t24-/m0/s1. The number of benzene rings is 3. The molecule has 12 heteroatoms. The third kappa shape index (κ3) is 6.43. The van der Waals surface area contributed by atoms with Gasteiger partial charge in [0.2, 0.25) is 5.09 Å². The number of furan rings is 1. The number of ether oxygens (including phenoxy) is 1. The highest BCUT2D eigenvalue weighted by atomic mass is 32.2. The number of hydrogen-bond acceptors (Lipinski definition) is 5. The number of alkyl halides is 5. The van der Waals surface area contributed by atoms with Crippen molar-refractivity contribution in [2.75, 3.05) is 6.54 Å². The summed E-state index contributed by atoms with van der Waals surface area (Å²) in [4.78, 5) is 13.1. The molecule has 1 aliphatic rings. The number of rotatable bonds is 9. The number of nitrogens with zero attached hydrogens (tertiary/aromatic N) is 1. The summed E-state index contributed by atoms with van der Waals surface area (Å²) in [5.74, 6) is -3.64. The Bertz CT molecular complexity index is 1630. The van der Waals surface area contributed by atoms with Crippen molar-refractivity contribution >= 4 is 26.8 Å². The maximum Gasteiger partial charge on any atom is 0.416 e. The molecule has 0 aliphatic carbocycles. The average molecular weight is 594 g/mol. The first-order valence-corrected chi connectivity index (χ1v) is 14.0. The molecule has 0 radical (unpaired) electrons. The van der Waals surface area contributed by atoms with E-state index in [1.165, 1.54) is 18.2 Å². The smallest absolute Gasteiger partial charge is 0.416 e. The SMILES string of the molecule is O=C(CCc1cccc(OCc2ccc(C(F)(F)F)cc2)c1)[C@@H]1CC(F)(F)CN1S(=O)(=O)c1cc2ccccc2o1. The fourth-order valence-electron chi connectivity index (χ4n) is 4.70. The second-order valence-corrected chi connectivity index (χ2v) is 11.6. The molecule has 216 valence electrons. The van der Waals surface area contributed by atoms with Crippen molar-refractivity contribution in [2.24, 2.45) is 0 Å². The number of Topliss-reactive ketones (excluding diaryl/α,β-unsaturated/α-hetero) is 1. The van der Waals surface area contributed by atoms with Gasteiger partial charge >= 0.3 is 6.18 Å². The van der Waals surface area contributed by atoms with Gasteiger partial charge in [-0.05, 0) is 47.9 Å². The van der Waals surface area contributed by atoms with Crippen LogP contribution >= 0.6 is 0 Å². The second kappa shape index (κ2) is 10.9. The molecule has 1 aromatic heterocycles. The van der Waals surface area contributed by atoms with Crippen LogP contribution in [0.25, 0.3) is 11.0 Å². The lowest BCUT2D eigenvalue weighted by Gasteiger charge is -2.21. The van der Waals surface area contributed by atoms with Crippen molar-refractivity contribution in [2.45, 2.75) is 49.1 Å². The van der Waals surface area contributed by atoms with E-state index in [2.05, 4.69) is 0 Å². The highest BCUT2D eigenvalue weighted by Gasteiger charge is 2.53.